The van der Waals surface area contributed by atoms with Crippen molar-refractivity contribution in [3.63, 3.8) is 0 Å². The summed E-state index contributed by atoms with van der Waals surface area (Å²) in [6.45, 7) is 9.59. The zero-order valence-electron chi connectivity index (χ0n) is 27.2. The molecule has 2 N–H and O–H groups in total. The van der Waals surface area contributed by atoms with E-state index in [4.69, 9.17) is 4.74 Å². The van der Waals surface area contributed by atoms with E-state index < -0.39 is 23.6 Å². The second-order valence-corrected chi connectivity index (χ2v) is 14.5. The molecule has 246 valence electrons. The van der Waals surface area contributed by atoms with Crippen LogP contribution in [-0.4, -0.2) is 87.1 Å². The first-order valence-corrected chi connectivity index (χ1v) is 16.4. The van der Waals surface area contributed by atoms with Crippen LogP contribution >= 0.6 is 0 Å². The number of aromatic nitrogens is 2. The van der Waals surface area contributed by atoms with Gasteiger partial charge in [-0.15, -0.1) is 0 Å². The van der Waals surface area contributed by atoms with Gasteiger partial charge in [0.1, 0.15) is 11.6 Å². The molecule has 3 aliphatic heterocycles. The van der Waals surface area contributed by atoms with Gasteiger partial charge in [0.15, 0.2) is 0 Å². The van der Waals surface area contributed by atoms with E-state index in [9.17, 15) is 24.0 Å². The average Bonchev–Trinajstić information content (AvgIpc) is 3.52. The Hall–Kier alpha value is -4.11. The summed E-state index contributed by atoms with van der Waals surface area (Å²) in [5, 5.41) is 5.29. The first-order chi connectivity index (χ1) is 21.8. The fourth-order valence-corrected chi connectivity index (χ4v) is 7.54. The van der Waals surface area contributed by atoms with Gasteiger partial charge in [0.2, 0.25) is 17.7 Å². The molecular formula is C34H44N6O6. The SMILES string of the molecule is Cn1c(=O)n(C2CCC(=O)NC2=O)c2ccc(C#CCN3CC4(CCN(C(=O)C5CCC(NC(=O)OC(C)(C)C)CC5)C4)C3)cc21. The van der Waals surface area contributed by atoms with Crippen molar-refractivity contribution < 1.29 is 23.9 Å². The molecule has 4 aliphatic rings. The van der Waals surface area contributed by atoms with Gasteiger partial charge in [-0.25, -0.2) is 9.59 Å². The number of likely N-dealkylation sites (tertiary alicyclic amines) is 2. The Kier molecular flexibility index (Phi) is 8.48. The van der Waals surface area contributed by atoms with Crippen LogP contribution in [0.15, 0.2) is 23.0 Å². The van der Waals surface area contributed by atoms with E-state index in [2.05, 4.69) is 32.3 Å². The number of amides is 4. The summed E-state index contributed by atoms with van der Waals surface area (Å²) in [4.78, 5) is 66.9. The molecule has 1 aromatic carbocycles. The van der Waals surface area contributed by atoms with Crippen LogP contribution in [0.2, 0.25) is 0 Å². The number of nitrogens with one attached hydrogen (secondary N) is 2. The third-order valence-electron chi connectivity index (χ3n) is 9.81. The number of hydrogen-bond acceptors (Lipinski definition) is 7. The van der Waals surface area contributed by atoms with Crippen molar-refractivity contribution >= 4 is 34.8 Å². The number of carbonyl (C=O) groups is 4. The number of fused-ring (bicyclic) bond motifs is 1. The Morgan fingerprint density at radius 3 is 2.48 bits per heavy atom. The molecule has 6 rings (SSSR count). The van der Waals surface area contributed by atoms with Crippen molar-refractivity contribution in [2.45, 2.75) is 83.4 Å². The number of ether oxygens (including phenoxy) is 1. The van der Waals surface area contributed by atoms with Crippen LogP contribution < -0.4 is 16.3 Å². The Labute approximate surface area is 268 Å². The highest BCUT2D eigenvalue weighted by atomic mass is 16.6. The van der Waals surface area contributed by atoms with Gasteiger partial charge in [-0.2, -0.15) is 0 Å². The summed E-state index contributed by atoms with van der Waals surface area (Å²) in [6, 6.07) is 4.88. The Morgan fingerprint density at radius 2 is 1.78 bits per heavy atom. The lowest BCUT2D eigenvalue weighted by molar-refractivity contribution is -0.137. The van der Waals surface area contributed by atoms with Crippen LogP contribution in [0.25, 0.3) is 11.0 Å². The van der Waals surface area contributed by atoms with Crippen molar-refractivity contribution in [3.8, 4) is 11.8 Å². The first-order valence-electron chi connectivity index (χ1n) is 16.4. The second kappa shape index (κ2) is 12.2. The molecule has 12 heteroatoms. The van der Waals surface area contributed by atoms with E-state index in [0.717, 1.165) is 63.8 Å². The van der Waals surface area contributed by atoms with E-state index in [1.807, 2.05) is 39.0 Å². The summed E-state index contributed by atoms with van der Waals surface area (Å²) >= 11 is 0. The molecule has 1 spiro atoms. The number of nitrogens with zero attached hydrogens (tertiary/aromatic N) is 4. The molecule has 4 amide bonds. The largest absolute Gasteiger partial charge is 0.444 e. The standard InChI is InChI=1S/C34H44N6O6/c1-33(2,3)46-31(44)35-24-10-8-23(9-11-24)30(43)39-17-15-34(21-39)19-38(20-34)16-5-6-22-7-12-25-27(18-22)37(4)32(45)40(25)26-13-14-28(41)36-29(26)42/h7,12,18,23-24,26H,8-11,13-17,19-21H2,1-4H3,(H,35,44)(H,36,41,42). The van der Waals surface area contributed by atoms with Crippen LogP contribution in [0, 0.1) is 23.2 Å². The number of carbonyl (C=O) groups excluding carboxylic acids is 4. The molecule has 1 aromatic heterocycles. The van der Waals surface area contributed by atoms with Crippen molar-refractivity contribution in [2.24, 2.45) is 18.4 Å². The van der Waals surface area contributed by atoms with Crippen LogP contribution in [0.4, 0.5) is 4.79 Å². The van der Waals surface area contributed by atoms with Gasteiger partial charge < -0.3 is 15.0 Å². The minimum Gasteiger partial charge on any atom is -0.444 e. The van der Waals surface area contributed by atoms with E-state index in [1.54, 1.807) is 7.05 Å². The minimum absolute atomic E-state index is 0.0200. The Balaban J connectivity index is 0.982. The number of imidazole rings is 1. The van der Waals surface area contributed by atoms with Crippen LogP contribution in [-0.2, 0) is 26.2 Å². The van der Waals surface area contributed by atoms with Crippen LogP contribution in [0.3, 0.4) is 0 Å². The molecule has 1 aliphatic carbocycles. The number of alkyl carbamates (subject to hydrolysis) is 1. The summed E-state index contributed by atoms with van der Waals surface area (Å²) in [7, 11) is 1.67. The fraction of sp³-hybridized carbons (Fsp3) is 0.618. The van der Waals surface area contributed by atoms with Gasteiger partial charge in [0, 0.05) is 62.6 Å². The van der Waals surface area contributed by atoms with Crippen molar-refractivity contribution in [2.75, 3.05) is 32.7 Å². The molecule has 0 radical (unpaired) electrons. The maximum Gasteiger partial charge on any atom is 0.407 e. The molecule has 0 bridgehead atoms. The highest BCUT2D eigenvalue weighted by Gasteiger charge is 2.49. The Morgan fingerprint density at radius 1 is 1.04 bits per heavy atom. The summed E-state index contributed by atoms with van der Waals surface area (Å²) in [6.07, 6.45) is 4.26. The highest BCUT2D eigenvalue weighted by molar-refractivity contribution is 6.00. The lowest BCUT2D eigenvalue weighted by Crippen LogP contribution is -2.57. The fourth-order valence-electron chi connectivity index (χ4n) is 7.54. The number of rotatable bonds is 4. The lowest BCUT2D eigenvalue weighted by Gasteiger charge is -2.47. The number of hydrogen-bond donors (Lipinski definition) is 2. The maximum absolute atomic E-state index is 13.3. The molecule has 4 heterocycles. The predicted octanol–water partition coefficient (Wildman–Crippen LogP) is 2.29. The molecule has 4 fully saturated rings. The van der Waals surface area contributed by atoms with Gasteiger partial charge in [0.05, 0.1) is 17.6 Å². The van der Waals surface area contributed by atoms with Crippen molar-refractivity contribution in [3.05, 3.63) is 34.2 Å². The second-order valence-electron chi connectivity index (χ2n) is 14.5. The predicted molar refractivity (Wildman–Crippen MR) is 171 cm³/mol. The third kappa shape index (κ3) is 6.56. The highest BCUT2D eigenvalue weighted by Crippen LogP contribution is 2.40. The summed E-state index contributed by atoms with van der Waals surface area (Å²) < 4.78 is 8.36. The number of benzene rings is 1. The van der Waals surface area contributed by atoms with Gasteiger partial charge in [-0.05, 0) is 77.5 Å². The average molecular weight is 633 g/mol. The van der Waals surface area contributed by atoms with Gasteiger partial charge in [-0.3, -0.25) is 33.7 Å². The van der Waals surface area contributed by atoms with Gasteiger partial charge in [0.25, 0.3) is 0 Å². The molecule has 3 saturated heterocycles. The number of piperidine rings is 1. The first kappa shape index (κ1) is 31.9. The van der Waals surface area contributed by atoms with Crippen molar-refractivity contribution in [1.82, 2.24) is 29.6 Å². The molecule has 1 atom stereocenters. The molecule has 12 nitrogen and oxygen atoms in total. The minimum atomic E-state index is -0.713. The van der Waals surface area contributed by atoms with Crippen LogP contribution in [0.5, 0.6) is 0 Å². The Bertz CT molecular complexity index is 1680. The molecule has 1 unspecified atom stereocenters. The summed E-state index contributed by atoms with van der Waals surface area (Å²) in [5.41, 5.74) is 1.43. The molecular weight excluding hydrogens is 588 g/mol. The molecule has 1 saturated carbocycles. The molecule has 46 heavy (non-hydrogen) atoms. The monoisotopic (exact) mass is 632 g/mol. The van der Waals surface area contributed by atoms with E-state index in [0.29, 0.717) is 24.0 Å². The topological polar surface area (TPSA) is 135 Å². The zero-order chi connectivity index (χ0) is 32.8. The zero-order valence-corrected chi connectivity index (χ0v) is 27.2. The van der Waals surface area contributed by atoms with Crippen molar-refractivity contribution in [1.29, 1.82) is 0 Å². The smallest absolute Gasteiger partial charge is 0.407 e. The van der Waals surface area contributed by atoms with Gasteiger partial charge >= 0.3 is 11.8 Å². The molecule has 2 aromatic rings. The maximum atomic E-state index is 13.3. The van der Waals surface area contributed by atoms with E-state index >= 15 is 0 Å². The van der Waals surface area contributed by atoms with E-state index in [-0.39, 0.29) is 41.3 Å². The quantitative estimate of drug-likeness (QED) is 0.390. The third-order valence-corrected chi connectivity index (χ3v) is 9.81. The van der Waals surface area contributed by atoms with Gasteiger partial charge in [-0.1, -0.05) is 11.8 Å². The van der Waals surface area contributed by atoms with E-state index in [1.165, 1.54) is 9.13 Å². The lowest BCUT2D eigenvalue weighted by atomic mass is 9.79. The number of imide groups is 1. The normalized spacial score (nSPS) is 24.7. The number of aryl methyl sites for hydroxylation is 1. The summed E-state index contributed by atoms with van der Waals surface area (Å²) in [5.74, 6) is 6.00. The van der Waals surface area contributed by atoms with Crippen LogP contribution in [0.1, 0.15) is 77.3 Å².